The lowest BCUT2D eigenvalue weighted by molar-refractivity contribution is 0.309. The van der Waals surface area contributed by atoms with E-state index in [4.69, 9.17) is 4.74 Å². The van der Waals surface area contributed by atoms with Crippen molar-refractivity contribution in [2.24, 2.45) is 10.4 Å². The highest BCUT2D eigenvalue weighted by Crippen LogP contribution is 2.45. The fourth-order valence-corrected chi connectivity index (χ4v) is 4.39. The smallest absolute Gasteiger partial charge is 0.194 e. The number of hydrogen-bond donors (Lipinski definition) is 2. The van der Waals surface area contributed by atoms with Crippen molar-refractivity contribution in [3.8, 4) is 17.1 Å². The maximum Gasteiger partial charge on any atom is 0.194 e. The first kappa shape index (κ1) is 17.8. The van der Waals surface area contributed by atoms with Gasteiger partial charge in [0.15, 0.2) is 11.8 Å². The summed E-state index contributed by atoms with van der Waals surface area (Å²) in [5.74, 6) is 3.28. The lowest BCUT2D eigenvalue weighted by atomic mass is 9.86. The Hall–Kier alpha value is -2.57. The summed E-state index contributed by atoms with van der Waals surface area (Å²) in [6, 6.07) is 7.75. The Balaban J connectivity index is 1.36. The van der Waals surface area contributed by atoms with Crippen molar-refractivity contribution in [1.29, 1.82) is 0 Å². The Morgan fingerprint density at radius 1 is 1.26 bits per heavy atom. The van der Waals surface area contributed by atoms with Crippen LogP contribution in [0.3, 0.4) is 0 Å². The third-order valence-corrected chi connectivity index (χ3v) is 5.91. The first-order valence-corrected chi connectivity index (χ1v) is 9.73. The summed E-state index contributed by atoms with van der Waals surface area (Å²) in [7, 11) is 3.51. The van der Waals surface area contributed by atoms with Crippen LogP contribution < -0.4 is 10.1 Å². The van der Waals surface area contributed by atoms with Crippen LogP contribution in [-0.2, 0) is 6.54 Å². The molecule has 4 rings (SSSR count). The van der Waals surface area contributed by atoms with E-state index in [1.807, 2.05) is 31.3 Å². The molecule has 1 aromatic heterocycles. The highest BCUT2D eigenvalue weighted by atomic mass is 16.5. The molecule has 0 unspecified atom stereocenters. The van der Waals surface area contributed by atoms with Gasteiger partial charge >= 0.3 is 0 Å². The number of aromatic amines is 1. The number of aromatic nitrogens is 3. The van der Waals surface area contributed by atoms with Crippen LogP contribution >= 0.6 is 0 Å². The molecule has 0 radical (unpaired) electrons. The molecular weight excluding hydrogens is 340 g/mol. The maximum absolute atomic E-state index is 5.19. The van der Waals surface area contributed by atoms with Crippen LogP contribution in [0.2, 0.25) is 0 Å². The quantitative estimate of drug-likeness (QED) is 0.641. The van der Waals surface area contributed by atoms with Crippen LogP contribution in [0, 0.1) is 5.41 Å². The van der Waals surface area contributed by atoms with Gasteiger partial charge in [-0.3, -0.25) is 10.1 Å². The number of nitrogens with one attached hydrogen (secondary N) is 2. The summed E-state index contributed by atoms with van der Waals surface area (Å²) in [5, 5.41) is 10.8. The molecule has 27 heavy (non-hydrogen) atoms. The number of aliphatic imine (C=N–C) groups is 1. The van der Waals surface area contributed by atoms with Crippen molar-refractivity contribution in [3.63, 3.8) is 0 Å². The van der Waals surface area contributed by atoms with E-state index in [0.717, 1.165) is 36.2 Å². The molecule has 1 aliphatic heterocycles. The number of H-pyrrole nitrogens is 1. The molecule has 2 fully saturated rings. The average molecular weight is 368 g/mol. The lowest BCUT2D eigenvalue weighted by Crippen LogP contribution is -2.40. The number of nitrogens with zero attached hydrogens (tertiary/aromatic N) is 4. The summed E-state index contributed by atoms with van der Waals surface area (Å²) in [5.41, 5.74) is 1.50. The Morgan fingerprint density at radius 2 is 2.04 bits per heavy atom. The molecule has 1 saturated heterocycles. The minimum Gasteiger partial charge on any atom is -0.497 e. The van der Waals surface area contributed by atoms with Crippen molar-refractivity contribution in [2.75, 3.05) is 27.2 Å². The largest absolute Gasteiger partial charge is 0.497 e. The monoisotopic (exact) mass is 368 g/mol. The van der Waals surface area contributed by atoms with Gasteiger partial charge in [0.25, 0.3) is 0 Å². The molecule has 2 aliphatic rings. The second-order valence-corrected chi connectivity index (χ2v) is 7.61. The van der Waals surface area contributed by atoms with Crippen molar-refractivity contribution < 1.29 is 4.74 Å². The predicted octanol–water partition coefficient (Wildman–Crippen LogP) is 2.82. The normalized spacial score (nSPS) is 19.0. The SMILES string of the molecule is CN=C(NCc1nc(-c2ccc(OC)cc2)n[nH]1)N1CCC2(CCCC2)C1. The van der Waals surface area contributed by atoms with Gasteiger partial charge in [-0.05, 0) is 48.9 Å². The fraction of sp³-hybridized carbons (Fsp3) is 0.550. The molecule has 144 valence electrons. The van der Waals surface area contributed by atoms with Crippen molar-refractivity contribution in [3.05, 3.63) is 30.1 Å². The number of guanidine groups is 1. The van der Waals surface area contributed by atoms with Crippen LogP contribution in [0.15, 0.2) is 29.3 Å². The topological polar surface area (TPSA) is 78.4 Å². The van der Waals surface area contributed by atoms with Gasteiger partial charge in [0.2, 0.25) is 0 Å². The second-order valence-electron chi connectivity index (χ2n) is 7.61. The van der Waals surface area contributed by atoms with Gasteiger partial charge < -0.3 is 15.0 Å². The highest BCUT2D eigenvalue weighted by Gasteiger charge is 2.41. The van der Waals surface area contributed by atoms with Crippen LogP contribution in [0.1, 0.15) is 37.9 Å². The Bertz CT molecular complexity index is 791. The van der Waals surface area contributed by atoms with Gasteiger partial charge in [-0.1, -0.05) is 12.8 Å². The third kappa shape index (κ3) is 3.77. The summed E-state index contributed by atoms with van der Waals surface area (Å²) >= 11 is 0. The second kappa shape index (κ2) is 7.58. The summed E-state index contributed by atoms with van der Waals surface area (Å²) in [6.45, 7) is 2.80. The maximum atomic E-state index is 5.19. The van der Waals surface area contributed by atoms with E-state index in [2.05, 4.69) is 30.4 Å². The number of ether oxygens (including phenoxy) is 1. The summed E-state index contributed by atoms with van der Waals surface area (Å²) in [6.07, 6.45) is 6.79. The first-order chi connectivity index (χ1) is 13.2. The van der Waals surface area contributed by atoms with E-state index in [1.54, 1.807) is 7.11 Å². The lowest BCUT2D eigenvalue weighted by Gasteiger charge is -2.25. The van der Waals surface area contributed by atoms with Gasteiger partial charge in [0.1, 0.15) is 11.6 Å². The number of likely N-dealkylation sites (tertiary alicyclic amines) is 1. The van der Waals surface area contributed by atoms with E-state index in [9.17, 15) is 0 Å². The van der Waals surface area contributed by atoms with E-state index in [0.29, 0.717) is 17.8 Å². The Morgan fingerprint density at radius 3 is 2.74 bits per heavy atom. The molecule has 1 aromatic carbocycles. The van der Waals surface area contributed by atoms with Crippen LogP contribution in [0.5, 0.6) is 5.75 Å². The Kier molecular flexibility index (Phi) is 5.01. The summed E-state index contributed by atoms with van der Waals surface area (Å²) in [4.78, 5) is 11.5. The third-order valence-electron chi connectivity index (χ3n) is 5.91. The zero-order chi connectivity index (χ0) is 18.7. The van der Waals surface area contributed by atoms with E-state index < -0.39 is 0 Å². The first-order valence-electron chi connectivity index (χ1n) is 9.73. The van der Waals surface area contributed by atoms with Gasteiger partial charge in [0.05, 0.1) is 13.7 Å². The number of hydrogen-bond acceptors (Lipinski definition) is 4. The molecule has 0 bridgehead atoms. The highest BCUT2D eigenvalue weighted by molar-refractivity contribution is 5.80. The molecule has 1 spiro atoms. The van der Waals surface area contributed by atoms with E-state index in [1.165, 1.54) is 32.1 Å². The predicted molar refractivity (Wildman–Crippen MR) is 106 cm³/mol. The fourth-order valence-electron chi connectivity index (χ4n) is 4.39. The molecule has 7 heteroatoms. The zero-order valence-corrected chi connectivity index (χ0v) is 16.2. The van der Waals surface area contributed by atoms with Crippen LogP contribution in [0.25, 0.3) is 11.4 Å². The van der Waals surface area contributed by atoms with Gasteiger partial charge in [-0.2, -0.15) is 5.10 Å². The minimum atomic E-state index is 0.533. The number of rotatable bonds is 4. The van der Waals surface area contributed by atoms with Crippen LogP contribution in [0.4, 0.5) is 0 Å². The van der Waals surface area contributed by atoms with Crippen molar-refractivity contribution in [2.45, 2.75) is 38.6 Å². The number of benzene rings is 1. The molecule has 1 saturated carbocycles. The number of methoxy groups -OCH3 is 1. The van der Waals surface area contributed by atoms with Crippen LogP contribution in [-0.4, -0.2) is 53.3 Å². The molecule has 0 atom stereocenters. The average Bonchev–Trinajstić information content (AvgIpc) is 3.45. The molecule has 2 heterocycles. The molecule has 1 aliphatic carbocycles. The van der Waals surface area contributed by atoms with Crippen molar-refractivity contribution >= 4 is 5.96 Å². The molecule has 0 amide bonds. The van der Waals surface area contributed by atoms with Gasteiger partial charge in [-0.15, -0.1) is 0 Å². The summed E-state index contributed by atoms with van der Waals surface area (Å²) < 4.78 is 5.19. The standard InChI is InChI=1S/C20H28N6O/c1-21-19(26-12-11-20(14-26)9-3-4-10-20)22-13-17-23-18(25-24-17)15-5-7-16(27-2)8-6-15/h5-8H,3-4,9-14H2,1-2H3,(H,21,22)(H,23,24,25). The Labute approximate surface area is 160 Å². The van der Waals surface area contributed by atoms with Gasteiger partial charge in [0, 0.05) is 25.7 Å². The zero-order valence-electron chi connectivity index (χ0n) is 16.2. The van der Waals surface area contributed by atoms with E-state index >= 15 is 0 Å². The molecule has 2 N–H and O–H groups in total. The van der Waals surface area contributed by atoms with Crippen molar-refractivity contribution in [1.82, 2.24) is 25.4 Å². The molecule has 7 nitrogen and oxygen atoms in total. The molecular formula is C20H28N6O. The minimum absolute atomic E-state index is 0.533. The molecule has 2 aromatic rings. The van der Waals surface area contributed by atoms with Gasteiger partial charge in [-0.25, -0.2) is 4.98 Å². The van der Waals surface area contributed by atoms with E-state index in [-0.39, 0.29) is 0 Å².